The minimum Gasteiger partial charge on any atom is -0.309 e. The molecule has 0 amide bonds. The molecule has 228 valence electrons. The summed E-state index contributed by atoms with van der Waals surface area (Å²) >= 11 is 1.86. The molecule has 7 aromatic carbocycles. The maximum absolute atomic E-state index is 2.44. The molecule has 10 rings (SSSR count). The van der Waals surface area contributed by atoms with Gasteiger partial charge in [0.15, 0.2) is 0 Å². The number of aromatic nitrogens is 1. The van der Waals surface area contributed by atoms with Crippen LogP contribution in [0.25, 0.3) is 49.7 Å². The topological polar surface area (TPSA) is 8.17 Å². The molecule has 0 fully saturated rings. The highest BCUT2D eigenvalue weighted by Crippen LogP contribution is 2.53. The van der Waals surface area contributed by atoms with E-state index in [1.165, 1.54) is 87.7 Å². The zero-order chi connectivity index (χ0) is 32.0. The highest BCUT2D eigenvalue weighted by molar-refractivity contribution is 7.99. The normalized spacial score (nSPS) is 14.1. The Morgan fingerprint density at radius 1 is 0.458 bits per heavy atom. The quantitative estimate of drug-likeness (QED) is 0.191. The molecule has 0 radical (unpaired) electrons. The Bertz CT molecular complexity index is 2580. The van der Waals surface area contributed by atoms with Crippen molar-refractivity contribution in [1.82, 2.24) is 4.57 Å². The van der Waals surface area contributed by atoms with Gasteiger partial charge in [0.05, 0.1) is 22.4 Å². The maximum atomic E-state index is 2.44. The fourth-order valence-electron chi connectivity index (χ4n) is 8.07. The van der Waals surface area contributed by atoms with E-state index in [4.69, 9.17) is 0 Å². The molecule has 3 heteroatoms. The molecule has 0 atom stereocenters. The lowest BCUT2D eigenvalue weighted by atomic mass is 9.82. The van der Waals surface area contributed by atoms with Gasteiger partial charge in [-0.25, -0.2) is 0 Å². The predicted molar refractivity (Wildman–Crippen MR) is 203 cm³/mol. The van der Waals surface area contributed by atoms with Crippen LogP contribution in [0.4, 0.5) is 17.1 Å². The third kappa shape index (κ3) is 3.95. The van der Waals surface area contributed by atoms with Crippen LogP contribution in [0.3, 0.4) is 0 Å². The van der Waals surface area contributed by atoms with Crippen molar-refractivity contribution < 1.29 is 0 Å². The van der Waals surface area contributed by atoms with Crippen molar-refractivity contribution in [1.29, 1.82) is 0 Å². The van der Waals surface area contributed by atoms with Gasteiger partial charge in [-0.05, 0) is 100 Å². The summed E-state index contributed by atoms with van der Waals surface area (Å²) < 4.78 is 2.44. The van der Waals surface area contributed by atoms with Crippen LogP contribution in [0.2, 0.25) is 0 Å². The Balaban J connectivity index is 1.11. The maximum Gasteiger partial charge on any atom is 0.0602 e. The molecule has 1 aromatic heterocycles. The van der Waals surface area contributed by atoms with Gasteiger partial charge in [-0.2, -0.15) is 0 Å². The number of nitrogens with zero attached hydrogens (tertiary/aromatic N) is 2. The zero-order valence-electron chi connectivity index (χ0n) is 26.8. The molecule has 2 nitrogen and oxygen atoms in total. The summed E-state index contributed by atoms with van der Waals surface area (Å²) in [5.41, 5.74) is 15.2. The lowest BCUT2D eigenvalue weighted by molar-refractivity contribution is 0.660. The molecule has 2 heterocycles. The van der Waals surface area contributed by atoms with Crippen molar-refractivity contribution >= 4 is 50.6 Å². The fourth-order valence-corrected chi connectivity index (χ4v) is 9.17. The van der Waals surface area contributed by atoms with E-state index < -0.39 is 0 Å². The smallest absolute Gasteiger partial charge is 0.0602 e. The first-order valence-electron chi connectivity index (χ1n) is 16.6. The second kappa shape index (κ2) is 10.2. The molecule has 0 bridgehead atoms. The van der Waals surface area contributed by atoms with Crippen molar-refractivity contribution in [3.63, 3.8) is 0 Å². The SMILES string of the molecule is CC1(C)c2ccccc2-c2cc(-n3c4ccccc4c4cc(-c5ccc6c(c5)Sc5ccccc5N6c5ccccc5)ccc43)ccc21. The Morgan fingerprint density at radius 2 is 1.15 bits per heavy atom. The van der Waals surface area contributed by atoms with Crippen LogP contribution < -0.4 is 4.90 Å². The third-order valence-corrected chi connectivity index (χ3v) is 11.5. The van der Waals surface area contributed by atoms with E-state index in [0.29, 0.717) is 0 Å². The lowest BCUT2D eigenvalue weighted by Gasteiger charge is -2.33. The van der Waals surface area contributed by atoms with Gasteiger partial charge in [0, 0.05) is 37.4 Å². The monoisotopic (exact) mass is 632 g/mol. The molecule has 0 N–H and O–H groups in total. The number of hydrogen-bond acceptors (Lipinski definition) is 2. The summed E-state index contributed by atoms with van der Waals surface area (Å²) in [4.78, 5) is 4.92. The fraction of sp³-hybridized carbons (Fsp3) is 0.0667. The molecule has 0 spiro atoms. The van der Waals surface area contributed by atoms with E-state index in [-0.39, 0.29) is 5.41 Å². The van der Waals surface area contributed by atoms with E-state index in [9.17, 15) is 0 Å². The molecule has 0 saturated carbocycles. The number of para-hydroxylation sites is 3. The van der Waals surface area contributed by atoms with E-state index in [1.807, 2.05) is 11.8 Å². The first-order valence-corrected chi connectivity index (χ1v) is 17.4. The molecule has 48 heavy (non-hydrogen) atoms. The number of hydrogen-bond donors (Lipinski definition) is 0. The van der Waals surface area contributed by atoms with E-state index in [2.05, 4.69) is 181 Å². The van der Waals surface area contributed by atoms with Crippen molar-refractivity contribution in [2.45, 2.75) is 29.1 Å². The van der Waals surface area contributed by atoms with Gasteiger partial charge in [0.25, 0.3) is 0 Å². The minimum absolute atomic E-state index is 0.00640. The number of fused-ring (bicyclic) bond motifs is 8. The summed E-state index contributed by atoms with van der Waals surface area (Å²) in [6.07, 6.45) is 0. The van der Waals surface area contributed by atoms with E-state index in [1.54, 1.807) is 0 Å². The molecule has 1 aliphatic carbocycles. The van der Waals surface area contributed by atoms with E-state index >= 15 is 0 Å². The van der Waals surface area contributed by atoms with Crippen molar-refractivity contribution in [2.75, 3.05) is 4.90 Å². The van der Waals surface area contributed by atoms with Gasteiger partial charge >= 0.3 is 0 Å². The molecule has 0 saturated heterocycles. The Hall–Kier alpha value is -5.51. The largest absolute Gasteiger partial charge is 0.309 e. The Morgan fingerprint density at radius 3 is 2.06 bits per heavy atom. The van der Waals surface area contributed by atoms with Crippen LogP contribution in [-0.4, -0.2) is 4.57 Å². The summed E-state index contributed by atoms with van der Waals surface area (Å²) in [5.74, 6) is 0. The second-order valence-corrected chi connectivity index (χ2v) is 14.5. The van der Waals surface area contributed by atoms with Crippen LogP contribution in [0.15, 0.2) is 168 Å². The molecule has 2 aliphatic rings. The molecule has 0 unspecified atom stereocenters. The lowest BCUT2D eigenvalue weighted by Crippen LogP contribution is -2.14. The van der Waals surface area contributed by atoms with Gasteiger partial charge in [-0.15, -0.1) is 0 Å². The number of rotatable bonds is 3. The molecular weight excluding hydrogens is 601 g/mol. The molecular formula is C45H32N2S. The highest BCUT2D eigenvalue weighted by Gasteiger charge is 2.35. The van der Waals surface area contributed by atoms with Crippen LogP contribution in [0.1, 0.15) is 25.0 Å². The van der Waals surface area contributed by atoms with Crippen molar-refractivity contribution in [3.05, 3.63) is 169 Å². The average molecular weight is 633 g/mol. The Labute approximate surface area is 284 Å². The Kier molecular flexibility index (Phi) is 5.89. The minimum atomic E-state index is -0.00640. The average Bonchev–Trinajstić information content (AvgIpc) is 3.58. The summed E-state index contributed by atoms with van der Waals surface area (Å²) in [5, 5.41) is 2.54. The van der Waals surface area contributed by atoms with Gasteiger partial charge < -0.3 is 9.47 Å². The predicted octanol–water partition coefficient (Wildman–Crippen LogP) is 12.7. The first kappa shape index (κ1) is 27.6. The van der Waals surface area contributed by atoms with Crippen LogP contribution in [0.5, 0.6) is 0 Å². The van der Waals surface area contributed by atoms with Crippen LogP contribution in [-0.2, 0) is 5.41 Å². The molecule has 8 aromatic rings. The van der Waals surface area contributed by atoms with Crippen molar-refractivity contribution in [3.8, 4) is 27.9 Å². The summed E-state index contributed by atoms with van der Waals surface area (Å²) in [7, 11) is 0. The second-order valence-electron chi connectivity index (χ2n) is 13.4. The number of benzene rings is 7. The first-order chi connectivity index (χ1) is 23.6. The standard InChI is InChI=1S/C45H32N2S/c1-45(2)37-16-8-6-14-33(37)35-28-32(22-23-38(35)45)47-39-17-9-7-15-34(39)36-26-29(20-24-40(36)47)30-21-25-42-44(27-30)48-43-19-11-10-18-41(43)46(42)31-12-4-3-5-13-31/h3-28H,1-2H3. The number of anilines is 3. The van der Waals surface area contributed by atoms with Crippen molar-refractivity contribution in [2.24, 2.45) is 0 Å². The van der Waals surface area contributed by atoms with Crippen LogP contribution >= 0.6 is 11.8 Å². The van der Waals surface area contributed by atoms with Gasteiger partial charge in [0.2, 0.25) is 0 Å². The van der Waals surface area contributed by atoms with Gasteiger partial charge in [0.1, 0.15) is 0 Å². The third-order valence-electron chi connectivity index (χ3n) is 10.4. The molecule has 1 aliphatic heterocycles. The van der Waals surface area contributed by atoms with Crippen LogP contribution in [0, 0.1) is 0 Å². The van der Waals surface area contributed by atoms with Gasteiger partial charge in [-0.3, -0.25) is 0 Å². The summed E-state index contributed by atoms with van der Waals surface area (Å²) in [6.45, 7) is 4.69. The zero-order valence-corrected chi connectivity index (χ0v) is 27.6. The highest BCUT2D eigenvalue weighted by atomic mass is 32.2. The van der Waals surface area contributed by atoms with E-state index in [0.717, 1.165) is 0 Å². The van der Waals surface area contributed by atoms with Gasteiger partial charge in [-0.1, -0.05) is 117 Å². The summed E-state index contributed by atoms with van der Waals surface area (Å²) in [6, 6.07) is 58.1.